The maximum Gasteiger partial charge on any atom is 0.203 e. The molecule has 0 radical (unpaired) electrons. The first-order valence-electron chi connectivity index (χ1n) is 40.2. The van der Waals surface area contributed by atoms with Gasteiger partial charge in [-0.05, 0) is 58.7 Å². The monoisotopic (exact) mass is 1610 g/mol. The van der Waals surface area contributed by atoms with Gasteiger partial charge in [-0.3, -0.25) is 10.1 Å². The molecule has 0 bridgehead atoms. The van der Waals surface area contributed by atoms with Crippen LogP contribution in [0.1, 0.15) is 332 Å². The molecule has 648 valence electrons. The van der Waals surface area contributed by atoms with Gasteiger partial charge in [-0.15, -0.1) is 43.1 Å². The number of imidazole rings is 1. The summed E-state index contributed by atoms with van der Waals surface area (Å²) in [4.78, 5) is 20.1. The van der Waals surface area contributed by atoms with Gasteiger partial charge < -0.3 is 27.7 Å². The zero-order valence-corrected chi connectivity index (χ0v) is 82.6. The molecule has 25 heteroatoms. The Labute approximate surface area is 688 Å². The van der Waals surface area contributed by atoms with Crippen LogP contribution in [0.3, 0.4) is 0 Å². The van der Waals surface area contributed by atoms with Gasteiger partial charge in [0.2, 0.25) is 12.8 Å². The number of oxazole rings is 1. The van der Waals surface area contributed by atoms with Gasteiger partial charge in [0.05, 0.1) is 49.2 Å². The number of H-pyrrole nitrogens is 4. The molecule has 0 aromatic carbocycles. The smallest absolute Gasteiger partial charge is 0.203 e. The molecule has 12 heterocycles. The Kier molecular flexibility index (Phi) is 552. The van der Waals surface area contributed by atoms with Crippen LogP contribution in [0.25, 0.3) is 0 Å². The van der Waals surface area contributed by atoms with Crippen molar-refractivity contribution in [3.8, 4) is 0 Å². The molecule has 0 saturated carbocycles. The molecule has 12 aromatic heterocycles. The number of thiazole rings is 1. The van der Waals surface area contributed by atoms with Gasteiger partial charge in [-0.2, -0.15) is 31.8 Å². The Morgan fingerprint density at radius 2 is 0.704 bits per heavy atom. The van der Waals surface area contributed by atoms with Gasteiger partial charge in [-0.1, -0.05) is 350 Å². The van der Waals surface area contributed by atoms with Crippen LogP contribution in [0.4, 0.5) is 0 Å². The van der Waals surface area contributed by atoms with E-state index in [0.29, 0.717) is 0 Å². The maximum absolute atomic E-state index is 4.58. The Hall–Kier alpha value is -7.87. The van der Waals surface area contributed by atoms with Crippen LogP contribution in [0, 0.1) is 0 Å². The fourth-order valence-corrected chi connectivity index (χ4v) is 3.68. The lowest BCUT2D eigenvalue weighted by Gasteiger charge is -1.50. The van der Waals surface area contributed by atoms with Gasteiger partial charge in [0.1, 0.15) is 36.2 Å². The van der Waals surface area contributed by atoms with E-state index in [4.69, 9.17) is 0 Å². The van der Waals surface area contributed by atoms with E-state index in [1.165, 1.54) is 67.2 Å². The number of nitrogens with one attached hydrogen (secondary N) is 4. The second-order valence-electron chi connectivity index (χ2n) is 8.42. The average molecular weight is 1610 g/mol. The normalized spacial score (nSPS) is 5.78. The molecule has 0 atom stereocenters. The van der Waals surface area contributed by atoms with Gasteiger partial charge >= 0.3 is 0 Å². The van der Waals surface area contributed by atoms with Crippen LogP contribution in [0.2, 0.25) is 0 Å². The van der Waals surface area contributed by atoms with Crippen molar-refractivity contribution in [2.45, 2.75) is 332 Å². The summed E-state index contributed by atoms with van der Waals surface area (Å²) in [5.74, 6) is 0. The highest BCUT2D eigenvalue weighted by Crippen LogP contribution is 1.91. The molecule has 0 aliphatic rings. The number of furan rings is 1. The van der Waals surface area contributed by atoms with Crippen molar-refractivity contribution in [3.63, 3.8) is 0 Å². The van der Waals surface area contributed by atoms with E-state index < -0.39 is 0 Å². The first kappa shape index (κ1) is 170. The molecule has 4 N–H and O–H groups in total. The van der Waals surface area contributed by atoms with Crippen LogP contribution < -0.4 is 0 Å². The molecule has 0 amide bonds. The molecular weight excluding hydrogens is 1430 g/mol. The summed E-state index contributed by atoms with van der Waals surface area (Å²) in [6, 6.07) is 15.2. The Morgan fingerprint density at radius 1 is 0.259 bits per heavy atom. The molecule has 0 aliphatic heterocycles. The number of aromatic nitrogens is 17. The topological polar surface area (TPSA) is 283 Å². The molecule has 12 rings (SSSR count). The van der Waals surface area contributed by atoms with Crippen molar-refractivity contribution in [2.75, 3.05) is 0 Å². The molecule has 0 saturated heterocycles. The lowest BCUT2D eigenvalue weighted by Crippen LogP contribution is -1.61. The second-order valence-corrected chi connectivity index (χ2v) is 11.4. The predicted octanol–water partition coefficient (Wildman–Crippen LogP) is 32.9. The summed E-state index contributed by atoms with van der Waals surface area (Å²) in [6.45, 7) is 96.0. The van der Waals surface area contributed by atoms with Crippen molar-refractivity contribution in [2.24, 2.45) is 0 Å². The zero-order chi connectivity index (χ0) is 90.4. The van der Waals surface area contributed by atoms with Crippen LogP contribution in [-0.2, 0) is 0 Å². The summed E-state index contributed by atoms with van der Waals surface area (Å²) in [7, 11) is 0. The zero-order valence-electron chi connectivity index (χ0n) is 79.3. The fourth-order valence-electron chi connectivity index (χ4n) is 2.25. The first-order valence-corrected chi connectivity index (χ1v) is 43.9. The Bertz CT molecular complexity index is 1360. The molecule has 0 aliphatic carbocycles. The lowest BCUT2D eigenvalue weighted by molar-refractivity contribution is 0.420. The van der Waals surface area contributed by atoms with E-state index in [-0.39, 0.29) is 0 Å². The minimum atomic E-state index is 1.26. The minimum Gasteiger partial charge on any atom is -0.473 e. The third-order valence-electron chi connectivity index (χ3n) is 4.37. The van der Waals surface area contributed by atoms with E-state index in [9.17, 15) is 0 Å². The van der Waals surface area contributed by atoms with Gasteiger partial charge in [-0.25, -0.2) is 19.3 Å². The lowest BCUT2D eigenvalue weighted by atomic mass is 10.7. The van der Waals surface area contributed by atoms with Gasteiger partial charge in [0.15, 0.2) is 6.39 Å². The Morgan fingerprint density at radius 3 is 0.815 bits per heavy atom. The quantitative estimate of drug-likeness (QED) is 0.110. The largest absolute Gasteiger partial charge is 0.473 e. The molecule has 0 spiro atoms. The number of rotatable bonds is 0. The van der Waals surface area contributed by atoms with Crippen molar-refractivity contribution in [1.82, 2.24) is 85.4 Å². The summed E-state index contributed by atoms with van der Waals surface area (Å²) in [6.07, 6.45) is 31.8. The fraction of sp³-hybridized carbons (Fsp3) is 0.578. The summed E-state index contributed by atoms with van der Waals surface area (Å²) in [5, 5.41) is 40.2. The highest BCUT2D eigenvalue weighted by molar-refractivity contribution is 7.08. The molecule has 21 nitrogen and oxygen atoms in total. The third-order valence-corrected chi connectivity index (χ3v) is 6.47. The van der Waals surface area contributed by atoms with Crippen molar-refractivity contribution in [3.05, 3.63) is 212 Å². The number of hydrogen-bond donors (Lipinski definition) is 4. The SMILES string of the molecule is CC.CC.CC.CC.CC.CC.CC.CC.CC.CC.CC.CC.CC.CC.CC.CC.CC.CC.CC.CC.CC.CC.CC.CC.c1c[nH]cn1.c1cc[nH]c1.c1ccoc1.c1ccsc1.c1cn[nH]n1.c1cnoc1.c1cnsc1.c1cocn1.c1cscn1.c1nc[nH]n1.c1nnco1.c1nncs1. The number of hydrogen-bond acceptors (Lipinski definition) is 21. The number of nitrogens with zero attached hydrogens (tertiary/aromatic N) is 13. The van der Waals surface area contributed by atoms with Gasteiger partial charge in [0.25, 0.3) is 0 Å². The molecule has 0 fully saturated rings. The van der Waals surface area contributed by atoms with Crippen molar-refractivity contribution >= 4 is 45.5 Å². The van der Waals surface area contributed by atoms with E-state index in [0.717, 1.165) is 0 Å². The standard InChI is InChI=1S/C4H5N.C4H4O.C4H4S.C3H4N2.2C3H3NO.2C3H3NS.2C2H3N3.C2H2N2O.C2H2N2S.24C2H6/c3*1-2-4-5-3-1;2*1-2-5-3-4-1;1-2-4-5-3-1;1-2-5-3-4-1;1-2-4-5-3-1;1-3-2-5-4-1;1-2-4-5-3-1;2*1-3-4-2-5-1;24*1-2/h1-5H;2*1-4H;1-3H,(H,4,5);4*1-3H;2*1-2H,(H,3,4,5);2*1-2H;24*1-2H3. The number of aromatic amines is 4. The molecule has 108 heavy (non-hydrogen) atoms. The van der Waals surface area contributed by atoms with Crippen LogP contribution in [0.5, 0.6) is 0 Å². The van der Waals surface area contributed by atoms with Crippen LogP contribution in [-0.4, -0.2) is 85.4 Å². The van der Waals surface area contributed by atoms with E-state index >= 15 is 0 Å². The van der Waals surface area contributed by atoms with E-state index in [2.05, 4.69) is 103 Å². The third kappa shape index (κ3) is 341. The average Bonchev–Trinajstić information content (AvgIpc) is 4.66. The van der Waals surface area contributed by atoms with E-state index in [1.807, 2.05) is 409 Å². The summed E-state index contributed by atoms with van der Waals surface area (Å²) < 4.78 is 21.5. The predicted molar refractivity (Wildman–Crippen MR) is 499 cm³/mol. The maximum atomic E-state index is 4.58. The van der Waals surface area contributed by atoms with Crippen LogP contribution in [0.15, 0.2) is 230 Å². The first-order chi connectivity index (χ1) is 54.0. The van der Waals surface area contributed by atoms with Crippen molar-refractivity contribution < 1.29 is 17.8 Å². The molecular formula is C83H183N17O4S4. The molecule has 0 unspecified atom stereocenters. The Balaban J connectivity index is -0.0000000309. The number of thiophene rings is 1. The summed E-state index contributed by atoms with van der Waals surface area (Å²) in [5.41, 5.74) is 5.15. The summed E-state index contributed by atoms with van der Waals surface area (Å²) >= 11 is 6.27. The minimum absolute atomic E-state index is 1.26. The van der Waals surface area contributed by atoms with Gasteiger partial charge in [0, 0.05) is 47.9 Å². The van der Waals surface area contributed by atoms with E-state index in [1.54, 1.807) is 114 Å². The second kappa shape index (κ2) is 351. The molecule has 12 aromatic rings. The van der Waals surface area contributed by atoms with Crippen LogP contribution >= 0.6 is 45.5 Å². The highest BCUT2D eigenvalue weighted by Gasteiger charge is 1.65. The highest BCUT2D eigenvalue weighted by atomic mass is 32.1. The van der Waals surface area contributed by atoms with Crippen molar-refractivity contribution in [1.29, 1.82) is 0 Å².